The van der Waals surface area contributed by atoms with Crippen LogP contribution in [0.3, 0.4) is 0 Å². The molecule has 1 aromatic heterocycles. The highest BCUT2D eigenvalue weighted by Gasteiger charge is 2.07. The Hall–Kier alpha value is -3.63. The van der Waals surface area contributed by atoms with Crippen LogP contribution in [0.25, 0.3) is 20.8 Å². The lowest BCUT2D eigenvalue weighted by molar-refractivity contribution is 0.306. The molecule has 1 N–H and O–H groups in total. The van der Waals surface area contributed by atoms with Crippen molar-refractivity contribution in [3.63, 3.8) is 0 Å². The van der Waals surface area contributed by atoms with Gasteiger partial charge in [0.2, 0.25) is 0 Å². The van der Waals surface area contributed by atoms with Crippen molar-refractivity contribution in [2.24, 2.45) is 0 Å². The second-order valence-corrected chi connectivity index (χ2v) is 9.37. The molecule has 0 unspecified atom stereocenters. The molecule has 5 aromatic rings. The number of fused-ring (bicyclic) bond motifs is 1. The zero-order valence-corrected chi connectivity index (χ0v) is 19.7. The van der Waals surface area contributed by atoms with Crippen molar-refractivity contribution in [1.29, 1.82) is 0 Å². The van der Waals surface area contributed by atoms with Crippen LogP contribution in [0.1, 0.15) is 22.3 Å². The van der Waals surface area contributed by atoms with E-state index in [0.29, 0.717) is 6.61 Å². The fraction of sp³-hybridized carbons (Fsp3) is 0.138. The third kappa shape index (κ3) is 5.24. The van der Waals surface area contributed by atoms with Gasteiger partial charge < -0.3 is 10.1 Å². The van der Waals surface area contributed by atoms with E-state index in [1.54, 1.807) is 11.3 Å². The summed E-state index contributed by atoms with van der Waals surface area (Å²) in [6, 6.07) is 31.6. The van der Waals surface area contributed by atoms with Crippen molar-refractivity contribution in [3.05, 3.63) is 113 Å². The number of thiazole rings is 1. The Labute approximate surface area is 198 Å². The van der Waals surface area contributed by atoms with E-state index < -0.39 is 0 Å². The van der Waals surface area contributed by atoms with Gasteiger partial charge in [-0.15, -0.1) is 11.3 Å². The van der Waals surface area contributed by atoms with Crippen molar-refractivity contribution in [2.75, 3.05) is 5.32 Å². The second kappa shape index (κ2) is 9.47. The van der Waals surface area contributed by atoms with Crippen LogP contribution in [0.2, 0.25) is 0 Å². The molecule has 5 rings (SSSR count). The maximum Gasteiger partial charge on any atom is 0.124 e. The van der Waals surface area contributed by atoms with Crippen molar-refractivity contribution in [1.82, 2.24) is 4.98 Å². The van der Waals surface area contributed by atoms with Crippen molar-refractivity contribution in [2.45, 2.75) is 27.0 Å². The van der Waals surface area contributed by atoms with E-state index >= 15 is 0 Å². The van der Waals surface area contributed by atoms with Crippen molar-refractivity contribution in [3.8, 4) is 16.3 Å². The molecule has 0 atom stereocenters. The lowest BCUT2D eigenvalue weighted by Gasteiger charge is -2.10. The number of rotatable bonds is 7. The molecule has 0 radical (unpaired) electrons. The van der Waals surface area contributed by atoms with E-state index in [-0.39, 0.29) is 0 Å². The van der Waals surface area contributed by atoms with Gasteiger partial charge in [0.15, 0.2) is 0 Å². The van der Waals surface area contributed by atoms with Crippen LogP contribution in [0.15, 0.2) is 91.0 Å². The fourth-order valence-electron chi connectivity index (χ4n) is 3.69. The number of aromatic nitrogens is 1. The molecule has 0 fully saturated rings. The Morgan fingerprint density at radius 3 is 2.39 bits per heavy atom. The number of anilines is 1. The summed E-state index contributed by atoms with van der Waals surface area (Å²) in [6.45, 7) is 5.52. The highest BCUT2D eigenvalue weighted by atomic mass is 32.1. The van der Waals surface area contributed by atoms with E-state index in [1.165, 1.54) is 27.0 Å². The average Bonchev–Trinajstić information content (AvgIpc) is 3.26. The summed E-state index contributed by atoms with van der Waals surface area (Å²) >= 11 is 1.74. The van der Waals surface area contributed by atoms with Gasteiger partial charge >= 0.3 is 0 Å². The molecule has 0 aliphatic rings. The van der Waals surface area contributed by atoms with E-state index in [1.807, 2.05) is 12.1 Å². The first-order valence-corrected chi connectivity index (χ1v) is 11.9. The number of ether oxygens (including phenoxy) is 1. The van der Waals surface area contributed by atoms with Gasteiger partial charge in [-0.2, -0.15) is 0 Å². The maximum absolute atomic E-state index is 5.99. The van der Waals surface area contributed by atoms with Crippen LogP contribution in [0, 0.1) is 13.8 Å². The Morgan fingerprint density at radius 2 is 1.58 bits per heavy atom. The van der Waals surface area contributed by atoms with Crippen LogP contribution in [0.5, 0.6) is 5.75 Å². The third-order valence-electron chi connectivity index (χ3n) is 5.60. The summed E-state index contributed by atoms with van der Waals surface area (Å²) in [4.78, 5) is 4.78. The predicted octanol–water partition coefficient (Wildman–Crippen LogP) is 7.77. The van der Waals surface area contributed by atoms with E-state index in [2.05, 4.69) is 98.0 Å². The molecule has 164 valence electrons. The van der Waals surface area contributed by atoms with E-state index in [4.69, 9.17) is 9.72 Å². The lowest BCUT2D eigenvalue weighted by Crippen LogP contribution is -2.00. The second-order valence-electron chi connectivity index (χ2n) is 8.34. The zero-order chi connectivity index (χ0) is 22.6. The quantitative estimate of drug-likeness (QED) is 0.275. The van der Waals surface area contributed by atoms with Gasteiger partial charge in [-0.1, -0.05) is 48.0 Å². The summed E-state index contributed by atoms with van der Waals surface area (Å²) in [5, 5.41) is 4.56. The minimum absolute atomic E-state index is 0.573. The molecule has 33 heavy (non-hydrogen) atoms. The standard InChI is InChI=1S/C29H26N2OS/c1-20-6-9-22(10-7-20)19-32-26-5-3-4-23(17-26)18-30-25-13-11-24(12-14-25)29-31-27-15-8-21(2)16-28(27)33-29/h3-17,30H,18-19H2,1-2H3. The first kappa shape index (κ1) is 21.2. The normalized spacial score (nSPS) is 11.0. The van der Waals surface area contributed by atoms with Crippen LogP contribution in [-0.2, 0) is 13.2 Å². The van der Waals surface area contributed by atoms with Gasteiger partial charge in [-0.25, -0.2) is 4.98 Å². The van der Waals surface area contributed by atoms with E-state index in [9.17, 15) is 0 Å². The number of nitrogens with one attached hydrogen (secondary N) is 1. The predicted molar refractivity (Wildman–Crippen MR) is 139 cm³/mol. The molecular formula is C29H26N2OS. The van der Waals surface area contributed by atoms with Gasteiger partial charge in [0, 0.05) is 17.8 Å². The largest absolute Gasteiger partial charge is 0.489 e. The molecule has 0 aliphatic heterocycles. The number of benzene rings is 4. The smallest absolute Gasteiger partial charge is 0.124 e. The third-order valence-corrected chi connectivity index (χ3v) is 6.66. The Bertz CT molecular complexity index is 1370. The molecule has 0 amide bonds. The molecular weight excluding hydrogens is 424 g/mol. The average molecular weight is 451 g/mol. The molecule has 4 heteroatoms. The summed E-state index contributed by atoms with van der Waals surface area (Å²) in [5.41, 5.74) is 8.17. The first-order chi connectivity index (χ1) is 16.1. The SMILES string of the molecule is Cc1ccc(COc2cccc(CNc3ccc(-c4nc5ccc(C)cc5s4)cc3)c2)cc1. The monoisotopic (exact) mass is 450 g/mol. The minimum atomic E-state index is 0.573. The van der Waals surface area contributed by atoms with Crippen LogP contribution in [-0.4, -0.2) is 4.98 Å². The van der Waals surface area contributed by atoms with Crippen LogP contribution < -0.4 is 10.1 Å². The summed E-state index contributed by atoms with van der Waals surface area (Å²) < 4.78 is 7.22. The van der Waals surface area contributed by atoms with Gasteiger partial charge in [-0.05, 0) is 79.1 Å². The Morgan fingerprint density at radius 1 is 0.788 bits per heavy atom. The lowest BCUT2D eigenvalue weighted by atomic mass is 10.1. The number of hydrogen-bond acceptors (Lipinski definition) is 4. The van der Waals surface area contributed by atoms with Gasteiger partial charge in [-0.3, -0.25) is 0 Å². The van der Waals surface area contributed by atoms with Crippen molar-refractivity contribution < 1.29 is 4.74 Å². The van der Waals surface area contributed by atoms with Gasteiger partial charge in [0.25, 0.3) is 0 Å². The van der Waals surface area contributed by atoms with Crippen LogP contribution >= 0.6 is 11.3 Å². The molecule has 0 bridgehead atoms. The minimum Gasteiger partial charge on any atom is -0.489 e. The molecule has 3 nitrogen and oxygen atoms in total. The molecule has 0 saturated carbocycles. The number of aryl methyl sites for hydroxylation is 2. The highest BCUT2D eigenvalue weighted by molar-refractivity contribution is 7.21. The fourth-order valence-corrected chi connectivity index (χ4v) is 4.76. The summed E-state index contributed by atoms with van der Waals surface area (Å²) in [7, 11) is 0. The van der Waals surface area contributed by atoms with E-state index in [0.717, 1.165) is 34.1 Å². The zero-order valence-electron chi connectivity index (χ0n) is 18.8. The molecule has 4 aromatic carbocycles. The highest BCUT2D eigenvalue weighted by Crippen LogP contribution is 2.31. The van der Waals surface area contributed by atoms with Gasteiger partial charge in [0.05, 0.1) is 10.2 Å². The summed E-state index contributed by atoms with van der Waals surface area (Å²) in [5.74, 6) is 0.885. The molecule has 1 heterocycles. The van der Waals surface area contributed by atoms with Crippen molar-refractivity contribution >= 4 is 27.2 Å². The number of hydrogen-bond donors (Lipinski definition) is 1. The molecule has 0 spiro atoms. The number of nitrogens with zero attached hydrogens (tertiary/aromatic N) is 1. The molecule has 0 aliphatic carbocycles. The molecule has 0 saturated heterocycles. The van der Waals surface area contributed by atoms with Gasteiger partial charge in [0.1, 0.15) is 17.4 Å². The first-order valence-electron chi connectivity index (χ1n) is 11.1. The Balaban J connectivity index is 1.20. The maximum atomic E-state index is 5.99. The summed E-state index contributed by atoms with van der Waals surface area (Å²) in [6.07, 6.45) is 0. The topological polar surface area (TPSA) is 34.1 Å². The Kier molecular flexibility index (Phi) is 6.09. The van der Waals surface area contributed by atoms with Crippen LogP contribution in [0.4, 0.5) is 5.69 Å².